The Morgan fingerprint density at radius 3 is 2.26 bits per heavy atom. The van der Waals surface area contributed by atoms with Crippen molar-refractivity contribution in [2.24, 2.45) is 0 Å². The first-order valence-corrected chi connectivity index (χ1v) is 6.45. The molecule has 0 aliphatic rings. The second kappa shape index (κ2) is 5.30. The highest BCUT2D eigenvalue weighted by atomic mass is 32.1. The lowest BCUT2D eigenvalue weighted by Crippen LogP contribution is -2.08. The van der Waals surface area contributed by atoms with E-state index in [2.05, 4.69) is 4.98 Å². The van der Waals surface area contributed by atoms with Crippen LogP contribution in [0.3, 0.4) is 0 Å². The third-order valence-corrected chi connectivity index (χ3v) is 3.91. The lowest BCUT2D eigenvalue weighted by atomic mass is 10.1. The molecule has 1 unspecified atom stereocenters. The van der Waals surface area contributed by atoms with Crippen molar-refractivity contribution in [3.63, 3.8) is 0 Å². The van der Waals surface area contributed by atoms with Crippen LogP contribution in [0.4, 0.5) is 13.2 Å². The third-order valence-electron chi connectivity index (χ3n) is 2.82. The molecule has 1 atom stereocenters. The fourth-order valence-corrected chi connectivity index (χ4v) is 2.74. The zero-order chi connectivity index (χ0) is 14.2. The highest BCUT2D eigenvalue weighted by Gasteiger charge is 2.21. The molecule has 2 nitrogen and oxygen atoms in total. The second-order valence-electron chi connectivity index (χ2n) is 4.25. The Morgan fingerprint density at radius 2 is 1.79 bits per heavy atom. The SMILES string of the molecule is Cc1nc(CC(O)c2c(F)cc(F)cc2F)sc1C. The lowest BCUT2D eigenvalue weighted by molar-refractivity contribution is 0.168. The second-order valence-corrected chi connectivity index (χ2v) is 5.54. The molecule has 0 bridgehead atoms. The molecule has 0 saturated carbocycles. The molecule has 1 heterocycles. The van der Waals surface area contributed by atoms with Gasteiger partial charge in [-0.05, 0) is 13.8 Å². The molecule has 2 aromatic rings. The summed E-state index contributed by atoms with van der Waals surface area (Å²) in [7, 11) is 0. The monoisotopic (exact) mass is 287 g/mol. The molecule has 0 saturated heterocycles. The Kier molecular flexibility index (Phi) is 3.91. The summed E-state index contributed by atoms with van der Waals surface area (Å²) in [5.41, 5.74) is 0.305. The number of benzene rings is 1. The highest BCUT2D eigenvalue weighted by molar-refractivity contribution is 7.11. The van der Waals surface area contributed by atoms with Crippen LogP contribution in [-0.4, -0.2) is 10.1 Å². The Hall–Kier alpha value is -1.40. The van der Waals surface area contributed by atoms with Crippen LogP contribution in [0.1, 0.15) is 27.2 Å². The summed E-state index contributed by atoms with van der Waals surface area (Å²) in [6.07, 6.45) is -1.38. The van der Waals surface area contributed by atoms with Gasteiger partial charge in [0.15, 0.2) is 0 Å². The maximum absolute atomic E-state index is 13.5. The van der Waals surface area contributed by atoms with Gasteiger partial charge in [-0.25, -0.2) is 18.2 Å². The number of thiazole rings is 1. The highest BCUT2D eigenvalue weighted by Crippen LogP contribution is 2.27. The van der Waals surface area contributed by atoms with Gasteiger partial charge in [0.25, 0.3) is 0 Å². The Balaban J connectivity index is 2.27. The van der Waals surface area contributed by atoms with Crippen LogP contribution in [0.15, 0.2) is 12.1 Å². The van der Waals surface area contributed by atoms with Gasteiger partial charge in [0.1, 0.15) is 17.5 Å². The van der Waals surface area contributed by atoms with Crippen molar-refractivity contribution in [3.8, 4) is 0 Å². The van der Waals surface area contributed by atoms with Crippen molar-refractivity contribution in [3.05, 3.63) is 50.7 Å². The summed E-state index contributed by atoms with van der Waals surface area (Å²) in [6, 6.07) is 1.11. The molecule has 1 aromatic carbocycles. The minimum Gasteiger partial charge on any atom is -0.388 e. The molecule has 0 fully saturated rings. The van der Waals surface area contributed by atoms with Crippen LogP contribution >= 0.6 is 11.3 Å². The molecule has 0 aliphatic carbocycles. The number of aryl methyl sites for hydroxylation is 2. The molecular weight excluding hydrogens is 275 g/mol. The number of rotatable bonds is 3. The van der Waals surface area contributed by atoms with Crippen LogP contribution < -0.4 is 0 Å². The van der Waals surface area contributed by atoms with E-state index in [9.17, 15) is 18.3 Å². The standard InChI is InChI=1S/C13H12F3NOS/c1-6-7(2)19-12(17-6)5-11(18)13-9(15)3-8(14)4-10(13)16/h3-4,11,18H,5H2,1-2H3. The van der Waals surface area contributed by atoms with Gasteiger partial charge in [-0.1, -0.05) is 0 Å². The summed E-state index contributed by atoms with van der Waals surface area (Å²) in [6.45, 7) is 3.70. The zero-order valence-corrected chi connectivity index (χ0v) is 11.2. The average molecular weight is 287 g/mol. The van der Waals surface area contributed by atoms with Crippen LogP contribution in [0.2, 0.25) is 0 Å². The number of aliphatic hydroxyl groups excluding tert-OH is 1. The molecule has 1 aromatic heterocycles. The van der Waals surface area contributed by atoms with E-state index in [0.717, 1.165) is 10.6 Å². The maximum atomic E-state index is 13.5. The van der Waals surface area contributed by atoms with Crippen LogP contribution in [-0.2, 0) is 6.42 Å². The van der Waals surface area contributed by atoms with Gasteiger partial charge in [0.05, 0.1) is 22.4 Å². The van der Waals surface area contributed by atoms with Crippen LogP contribution in [0, 0.1) is 31.3 Å². The van der Waals surface area contributed by atoms with Gasteiger partial charge >= 0.3 is 0 Å². The Bertz CT molecular complexity index is 569. The number of aliphatic hydroxyl groups is 1. The molecule has 0 radical (unpaired) electrons. The number of halogens is 3. The molecule has 2 rings (SSSR count). The van der Waals surface area contributed by atoms with E-state index in [1.165, 1.54) is 11.3 Å². The van der Waals surface area contributed by atoms with Gasteiger partial charge in [-0.3, -0.25) is 0 Å². The topological polar surface area (TPSA) is 33.1 Å². The predicted octanol–water partition coefficient (Wildman–Crippen LogP) is 3.45. The zero-order valence-electron chi connectivity index (χ0n) is 10.4. The minimum absolute atomic E-state index is 0.00117. The molecule has 0 spiro atoms. The summed E-state index contributed by atoms with van der Waals surface area (Å²) < 4.78 is 39.8. The fraction of sp³-hybridized carbons (Fsp3) is 0.308. The van der Waals surface area contributed by atoms with Crippen molar-refractivity contribution >= 4 is 11.3 Å². The third kappa shape index (κ3) is 2.96. The predicted molar refractivity (Wildman–Crippen MR) is 66.6 cm³/mol. The molecule has 19 heavy (non-hydrogen) atoms. The van der Waals surface area contributed by atoms with E-state index >= 15 is 0 Å². The summed E-state index contributed by atoms with van der Waals surface area (Å²) >= 11 is 1.36. The molecule has 0 aliphatic heterocycles. The van der Waals surface area contributed by atoms with E-state index in [1.54, 1.807) is 0 Å². The van der Waals surface area contributed by atoms with E-state index in [1.807, 2.05) is 13.8 Å². The van der Waals surface area contributed by atoms with Crippen molar-refractivity contribution in [1.82, 2.24) is 4.98 Å². The minimum atomic E-state index is -1.38. The normalized spacial score (nSPS) is 12.7. The summed E-state index contributed by atoms with van der Waals surface area (Å²) in [5.74, 6) is -3.18. The Morgan fingerprint density at radius 1 is 1.21 bits per heavy atom. The first kappa shape index (κ1) is 14.0. The van der Waals surface area contributed by atoms with Crippen molar-refractivity contribution in [1.29, 1.82) is 0 Å². The number of nitrogens with zero attached hydrogens (tertiary/aromatic N) is 1. The largest absolute Gasteiger partial charge is 0.388 e. The van der Waals surface area contributed by atoms with Crippen molar-refractivity contribution in [2.75, 3.05) is 0 Å². The van der Waals surface area contributed by atoms with Gasteiger partial charge < -0.3 is 5.11 Å². The quantitative estimate of drug-likeness (QED) is 0.938. The molecule has 102 valence electrons. The van der Waals surface area contributed by atoms with Gasteiger partial charge in [-0.15, -0.1) is 11.3 Å². The van der Waals surface area contributed by atoms with E-state index < -0.39 is 29.1 Å². The molecule has 0 amide bonds. The average Bonchev–Trinajstić information content (AvgIpc) is 2.55. The molecule has 6 heteroatoms. The first-order valence-electron chi connectivity index (χ1n) is 5.64. The van der Waals surface area contributed by atoms with Crippen LogP contribution in [0.5, 0.6) is 0 Å². The smallest absolute Gasteiger partial charge is 0.134 e. The van der Waals surface area contributed by atoms with Gasteiger partial charge in [0.2, 0.25) is 0 Å². The van der Waals surface area contributed by atoms with Crippen molar-refractivity contribution < 1.29 is 18.3 Å². The number of hydrogen-bond donors (Lipinski definition) is 1. The molecular formula is C13H12F3NOS. The van der Waals surface area contributed by atoms with Gasteiger partial charge in [-0.2, -0.15) is 0 Å². The fourth-order valence-electron chi connectivity index (χ4n) is 1.77. The van der Waals surface area contributed by atoms with Gasteiger partial charge in [0, 0.05) is 23.4 Å². The van der Waals surface area contributed by atoms with Crippen molar-refractivity contribution in [2.45, 2.75) is 26.4 Å². The van der Waals surface area contributed by atoms with E-state index in [-0.39, 0.29) is 6.42 Å². The van der Waals surface area contributed by atoms with E-state index in [4.69, 9.17) is 0 Å². The summed E-state index contributed by atoms with van der Waals surface area (Å²) in [4.78, 5) is 5.18. The maximum Gasteiger partial charge on any atom is 0.134 e. The summed E-state index contributed by atoms with van der Waals surface area (Å²) in [5, 5.41) is 10.5. The first-order chi connectivity index (χ1) is 8.88. The number of aromatic nitrogens is 1. The van der Waals surface area contributed by atoms with Crippen LogP contribution in [0.25, 0.3) is 0 Å². The molecule has 1 N–H and O–H groups in total. The lowest BCUT2D eigenvalue weighted by Gasteiger charge is -2.11. The van der Waals surface area contributed by atoms with E-state index in [0.29, 0.717) is 17.1 Å². The Labute approximate surface area is 112 Å². The number of hydrogen-bond acceptors (Lipinski definition) is 3.